The lowest BCUT2D eigenvalue weighted by molar-refractivity contribution is 0.457. The second kappa shape index (κ2) is 3.70. The van der Waals surface area contributed by atoms with E-state index in [-0.39, 0.29) is 16.1 Å². The van der Waals surface area contributed by atoms with Gasteiger partial charge in [0.1, 0.15) is 0 Å². The summed E-state index contributed by atoms with van der Waals surface area (Å²) in [5.74, 6) is 1.00. The Bertz CT molecular complexity index is 429. The molecule has 1 aromatic heterocycles. The predicted molar refractivity (Wildman–Crippen MR) is 69.4 cm³/mol. The van der Waals surface area contributed by atoms with Gasteiger partial charge in [-0.05, 0) is 22.4 Å². The first kappa shape index (κ1) is 12.4. The van der Waals surface area contributed by atoms with Gasteiger partial charge in [-0.1, -0.05) is 27.7 Å². The van der Waals surface area contributed by atoms with Crippen molar-refractivity contribution in [3.63, 3.8) is 0 Å². The molecule has 1 heterocycles. The predicted octanol–water partition coefficient (Wildman–Crippen LogP) is 2.41. The van der Waals surface area contributed by atoms with E-state index in [9.17, 15) is 0 Å². The minimum atomic E-state index is 0.197. The van der Waals surface area contributed by atoms with E-state index in [4.69, 9.17) is 11.6 Å². The molecule has 5 nitrogen and oxygen atoms in total. The average Bonchev–Trinajstić information content (AvgIpc) is 2.60. The average molecular weight is 256 g/mol. The van der Waals surface area contributed by atoms with Gasteiger partial charge in [0.25, 0.3) is 0 Å². The van der Waals surface area contributed by atoms with E-state index >= 15 is 0 Å². The molecule has 0 amide bonds. The Balaban J connectivity index is 2.18. The van der Waals surface area contributed by atoms with Crippen LogP contribution in [0.1, 0.15) is 27.7 Å². The molecule has 0 saturated heterocycles. The van der Waals surface area contributed by atoms with E-state index in [0.29, 0.717) is 17.9 Å². The van der Waals surface area contributed by atoms with Crippen molar-refractivity contribution in [1.29, 1.82) is 0 Å². The Kier molecular flexibility index (Phi) is 2.69. The highest BCUT2D eigenvalue weighted by atomic mass is 35.5. The van der Waals surface area contributed by atoms with Gasteiger partial charge in [0.15, 0.2) is 0 Å². The molecule has 0 atom stereocenters. The van der Waals surface area contributed by atoms with Gasteiger partial charge in [-0.2, -0.15) is 15.0 Å². The molecule has 2 N–H and O–H groups in total. The third-order valence-corrected chi connectivity index (χ3v) is 4.29. The Morgan fingerprint density at radius 3 is 2.00 bits per heavy atom. The van der Waals surface area contributed by atoms with Crippen molar-refractivity contribution in [2.75, 3.05) is 17.7 Å². The molecule has 6 heteroatoms. The molecule has 94 valence electrons. The number of rotatable bonds is 3. The van der Waals surface area contributed by atoms with Crippen molar-refractivity contribution in [1.82, 2.24) is 15.0 Å². The van der Waals surface area contributed by atoms with E-state index in [0.717, 1.165) is 0 Å². The first-order valence-corrected chi connectivity index (χ1v) is 6.02. The normalized spacial score (nSPS) is 21.1. The monoisotopic (exact) mass is 255 g/mol. The number of nitrogens with one attached hydrogen (secondary N) is 2. The van der Waals surface area contributed by atoms with Gasteiger partial charge in [0.05, 0.1) is 0 Å². The molecule has 17 heavy (non-hydrogen) atoms. The maximum absolute atomic E-state index is 5.83. The van der Waals surface area contributed by atoms with Crippen LogP contribution in [0.3, 0.4) is 0 Å². The van der Waals surface area contributed by atoms with Gasteiger partial charge >= 0.3 is 0 Å². The van der Waals surface area contributed by atoms with Crippen LogP contribution < -0.4 is 10.6 Å². The van der Waals surface area contributed by atoms with E-state index in [1.165, 1.54) is 0 Å². The lowest BCUT2D eigenvalue weighted by Gasteiger charge is -2.07. The van der Waals surface area contributed by atoms with Crippen molar-refractivity contribution in [2.24, 2.45) is 10.8 Å². The van der Waals surface area contributed by atoms with Gasteiger partial charge in [-0.15, -0.1) is 0 Å². The number of nitrogens with zero attached hydrogens (tertiary/aromatic N) is 3. The van der Waals surface area contributed by atoms with Gasteiger partial charge in [0.2, 0.25) is 17.2 Å². The Labute approximate surface area is 106 Å². The van der Waals surface area contributed by atoms with Gasteiger partial charge in [0, 0.05) is 13.1 Å². The van der Waals surface area contributed by atoms with Crippen LogP contribution in [0.25, 0.3) is 0 Å². The zero-order valence-electron chi connectivity index (χ0n) is 10.8. The molecular weight excluding hydrogens is 238 g/mol. The molecule has 1 aliphatic rings. The van der Waals surface area contributed by atoms with E-state index < -0.39 is 0 Å². The summed E-state index contributed by atoms with van der Waals surface area (Å²) in [4.78, 5) is 12.3. The molecule has 0 radical (unpaired) electrons. The van der Waals surface area contributed by atoms with Gasteiger partial charge in [-0.25, -0.2) is 0 Å². The van der Waals surface area contributed by atoms with Crippen molar-refractivity contribution in [3.05, 3.63) is 5.28 Å². The van der Waals surface area contributed by atoms with E-state index in [2.05, 4.69) is 53.3 Å². The van der Waals surface area contributed by atoms with Crippen LogP contribution >= 0.6 is 11.6 Å². The standard InChI is InChI=1S/C11H18ClN5/c1-10(2)6(11(10,3)4)14-9-16-7(12)15-8(13-5)17-9/h6H,1-5H3,(H2,13,14,15,16,17). The molecule has 0 spiro atoms. The second-order valence-electron chi connectivity index (χ2n) is 5.52. The second-order valence-corrected chi connectivity index (χ2v) is 5.86. The van der Waals surface area contributed by atoms with E-state index in [1.54, 1.807) is 7.05 Å². The summed E-state index contributed by atoms with van der Waals surface area (Å²) in [6.45, 7) is 8.91. The molecule has 0 aromatic carbocycles. The summed E-state index contributed by atoms with van der Waals surface area (Å²) in [7, 11) is 1.75. The van der Waals surface area contributed by atoms with Crippen molar-refractivity contribution >= 4 is 23.5 Å². The maximum atomic E-state index is 5.83. The molecule has 2 rings (SSSR count). The maximum Gasteiger partial charge on any atom is 0.229 e. The van der Waals surface area contributed by atoms with Crippen molar-refractivity contribution in [3.8, 4) is 0 Å². The summed E-state index contributed by atoms with van der Waals surface area (Å²) in [6.07, 6.45) is 0. The molecule has 0 unspecified atom stereocenters. The molecular formula is C11H18ClN5. The van der Waals surface area contributed by atoms with Crippen LogP contribution in [0.15, 0.2) is 0 Å². The first-order valence-electron chi connectivity index (χ1n) is 5.65. The van der Waals surface area contributed by atoms with Crippen LogP contribution in [0, 0.1) is 10.8 Å². The largest absolute Gasteiger partial charge is 0.357 e. The fourth-order valence-corrected chi connectivity index (χ4v) is 2.37. The summed E-state index contributed by atoms with van der Waals surface area (Å²) in [5, 5.41) is 6.38. The Morgan fingerprint density at radius 2 is 1.53 bits per heavy atom. The fraction of sp³-hybridized carbons (Fsp3) is 0.727. The highest BCUT2D eigenvalue weighted by molar-refractivity contribution is 6.28. The number of aromatic nitrogens is 3. The topological polar surface area (TPSA) is 62.7 Å². The molecule has 1 saturated carbocycles. The number of halogens is 1. The SMILES string of the molecule is CNc1nc(Cl)nc(NC2C(C)(C)C2(C)C)n1. The minimum Gasteiger partial charge on any atom is -0.357 e. The summed E-state index contributed by atoms with van der Waals surface area (Å²) in [6, 6.07) is 0.346. The smallest absolute Gasteiger partial charge is 0.229 e. The molecule has 1 fully saturated rings. The summed E-state index contributed by atoms with van der Waals surface area (Å²) < 4.78 is 0. The number of hydrogen-bond acceptors (Lipinski definition) is 5. The number of anilines is 2. The van der Waals surface area contributed by atoms with Gasteiger partial charge in [-0.3, -0.25) is 0 Å². The van der Waals surface area contributed by atoms with Crippen molar-refractivity contribution in [2.45, 2.75) is 33.7 Å². The third kappa shape index (κ3) is 1.92. The summed E-state index contributed by atoms with van der Waals surface area (Å²) >= 11 is 5.83. The van der Waals surface area contributed by atoms with E-state index in [1.807, 2.05) is 0 Å². The lowest BCUT2D eigenvalue weighted by atomic mass is 10.0. The third-order valence-electron chi connectivity index (χ3n) is 4.13. The number of hydrogen-bond donors (Lipinski definition) is 2. The highest BCUT2D eigenvalue weighted by Gasteiger charge is 2.65. The Hall–Kier alpha value is -1.10. The van der Waals surface area contributed by atoms with Crippen LogP contribution in [0.5, 0.6) is 0 Å². The van der Waals surface area contributed by atoms with Gasteiger partial charge < -0.3 is 10.6 Å². The Morgan fingerprint density at radius 1 is 1.00 bits per heavy atom. The van der Waals surface area contributed by atoms with Crippen LogP contribution in [0.4, 0.5) is 11.9 Å². The quantitative estimate of drug-likeness (QED) is 0.869. The van der Waals surface area contributed by atoms with Crippen LogP contribution in [-0.2, 0) is 0 Å². The molecule has 1 aromatic rings. The zero-order chi connectivity index (χ0) is 12.8. The molecule has 0 aliphatic heterocycles. The zero-order valence-corrected chi connectivity index (χ0v) is 11.6. The summed E-state index contributed by atoms with van der Waals surface area (Å²) in [5.41, 5.74) is 0.456. The van der Waals surface area contributed by atoms with Crippen molar-refractivity contribution < 1.29 is 0 Å². The lowest BCUT2D eigenvalue weighted by Crippen LogP contribution is -2.14. The fourth-order valence-electron chi connectivity index (χ4n) is 2.21. The minimum absolute atomic E-state index is 0.197. The van der Waals surface area contributed by atoms with Crippen LogP contribution in [-0.4, -0.2) is 28.0 Å². The highest BCUT2D eigenvalue weighted by Crippen LogP contribution is 2.63. The molecule has 0 bridgehead atoms. The first-order chi connectivity index (χ1) is 7.79. The molecule has 1 aliphatic carbocycles. The van der Waals surface area contributed by atoms with Crippen LogP contribution in [0.2, 0.25) is 5.28 Å².